The quantitative estimate of drug-likeness (QED) is 0.855. The van der Waals surface area contributed by atoms with Crippen LogP contribution in [0.15, 0.2) is 17.5 Å². The van der Waals surface area contributed by atoms with Crippen LogP contribution >= 0.6 is 11.3 Å². The van der Waals surface area contributed by atoms with Crippen molar-refractivity contribution in [3.05, 3.63) is 22.4 Å². The maximum Gasteiger partial charge on any atom is 0.226 e. The molecule has 1 amide bonds. The number of carbonyl (C=O) groups excluding carboxylic acids is 1. The molecule has 0 aliphatic carbocycles. The van der Waals surface area contributed by atoms with Gasteiger partial charge in [0.05, 0.1) is 6.04 Å². The van der Waals surface area contributed by atoms with Crippen LogP contribution in [0, 0.1) is 5.92 Å². The molecular formula is C12H20N2OS. The SMILES string of the molecule is CNCC(C)C(=O)N(C)C(C)c1cccs1. The number of hydrogen-bond acceptors (Lipinski definition) is 3. The summed E-state index contributed by atoms with van der Waals surface area (Å²) in [5, 5.41) is 5.07. The molecule has 0 spiro atoms. The summed E-state index contributed by atoms with van der Waals surface area (Å²) in [6, 6.07) is 4.25. The van der Waals surface area contributed by atoms with Gasteiger partial charge in [-0.15, -0.1) is 11.3 Å². The lowest BCUT2D eigenvalue weighted by Gasteiger charge is -2.27. The van der Waals surface area contributed by atoms with Crippen LogP contribution in [0.3, 0.4) is 0 Å². The largest absolute Gasteiger partial charge is 0.338 e. The molecule has 3 nitrogen and oxygen atoms in total. The molecule has 0 bridgehead atoms. The van der Waals surface area contributed by atoms with Crippen LogP contribution in [0.4, 0.5) is 0 Å². The molecule has 4 heteroatoms. The zero-order valence-corrected chi connectivity index (χ0v) is 11.2. The van der Waals surface area contributed by atoms with Crippen LogP contribution in [0.25, 0.3) is 0 Å². The molecule has 2 atom stereocenters. The molecule has 16 heavy (non-hydrogen) atoms. The molecule has 0 saturated heterocycles. The van der Waals surface area contributed by atoms with E-state index in [2.05, 4.69) is 18.3 Å². The van der Waals surface area contributed by atoms with Gasteiger partial charge in [-0.05, 0) is 25.4 Å². The summed E-state index contributed by atoms with van der Waals surface area (Å²) >= 11 is 1.69. The van der Waals surface area contributed by atoms with Crippen LogP contribution in [0.2, 0.25) is 0 Å². The zero-order chi connectivity index (χ0) is 12.1. The van der Waals surface area contributed by atoms with E-state index in [1.54, 1.807) is 11.3 Å². The number of thiophene rings is 1. The van der Waals surface area contributed by atoms with Crippen molar-refractivity contribution in [2.45, 2.75) is 19.9 Å². The van der Waals surface area contributed by atoms with Gasteiger partial charge in [0.15, 0.2) is 0 Å². The number of nitrogens with zero attached hydrogens (tertiary/aromatic N) is 1. The molecule has 0 aliphatic heterocycles. The lowest BCUT2D eigenvalue weighted by atomic mass is 10.1. The van der Waals surface area contributed by atoms with E-state index in [0.717, 1.165) is 6.54 Å². The molecule has 0 fully saturated rings. The van der Waals surface area contributed by atoms with Crippen molar-refractivity contribution >= 4 is 17.2 Å². The summed E-state index contributed by atoms with van der Waals surface area (Å²) in [4.78, 5) is 15.1. The second-order valence-corrected chi connectivity index (χ2v) is 5.08. The predicted molar refractivity (Wildman–Crippen MR) is 68.6 cm³/mol. The van der Waals surface area contributed by atoms with Gasteiger partial charge in [-0.3, -0.25) is 4.79 Å². The van der Waals surface area contributed by atoms with E-state index in [0.29, 0.717) is 0 Å². The molecule has 0 aromatic carbocycles. The fraction of sp³-hybridized carbons (Fsp3) is 0.583. The molecule has 1 aromatic rings. The topological polar surface area (TPSA) is 32.3 Å². The minimum atomic E-state index is 0.0254. The van der Waals surface area contributed by atoms with E-state index < -0.39 is 0 Å². The van der Waals surface area contributed by atoms with E-state index in [-0.39, 0.29) is 17.9 Å². The van der Waals surface area contributed by atoms with Gasteiger partial charge in [0.1, 0.15) is 0 Å². The Labute approximate surface area is 101 Å². The Morgan fingerprint density at radius 3 is 2.75 bits per heavy atom. The van der Waals surface area contributed by atoms with Gasteiger partial charge in [-0.1, -0.05) is 13.0 Å². The van der Waals surface area contributed by atoms with Crippen LogP contribution in [-0.4, -0.2) is 31.4 Å². The molecule has 1 heterocycles. The summed E-state index contributed by atoms with van der Waals surface area (Å²) in [5.41, 5.74) is 0. The molecule has 2 unspecified atom stereocenters. The fourth-order valence-corrected chi connectivity index (χ4v) is 2.48. The Bertz CT molecular complexity index is 324. The molecule has 0 radical (unpaired) electrons. The maximum absolute atomic E-state index is 12.1. The highest BCUT2D eigenvalue weighted by molar-refractivity contribution is 7.10. The predicted octanol–water partition coefficient (Wildman–Crippen LogP) is 2.12. The number of carbonyl (C=O) groups is 1. The van der Waals surface area contributed by atoms with E-state index in [4.69, 9.17) is 0 Å². The molecule has 1 aromatic heterocycles. The summed E-state index contributed by atoms with van der Waals surface area (Å²) in [6.45, 7) is 4.74. The van der Waals surface area contributed by atoms with Gasteiger partial charge in [-0.25, -0.2) is 0 Å². The monoisotopic (exact) mass is 240 g/mol. The van der Waals surface area contributed by atoms with Gasteiger partial charge in [0.25, 0.3) is 0 Å². The van der Waals surface area contributed by atoms with Crippen LogP contribution in [-0.2, 0) is 4.79 Å². The van der Waals surface area contributed by atoms with Crippen molar-refractivity contribution < 1.29 is 4.79 Å². The normalized spacial score (nSPS) is 14.5. The highest BCUT2D eigenvalue weighted by Crippen LogP contribution is 2.24. The Morgan fingerprint density at radius 1 is 1.56 bits per heavy atom. The number of amides is 1. The average Bonchev–Trinajstić information content (AvgIpc) is 2.79. The Kier molecular flexibility index (Phi) is 4.96. The molecule has 0 aliphatic rings. The third-order valence-electron chi connectivity index (χ3n) is 2.82. The first-order valence-electron chi connectivity index (χ1n) is 5.52. The summed E-state index contributed by atoms with van der Waals surface area (Å²) in [7, 11) is 3.74. The highest BCUT2D eigenvalue weighted by Gasteiger charge is 2.22. The molecule has 90 valence electrons. The van der Waals surface area contributed by atoms with Crippen molar-refractivity contribution in [2.75, 3.05) is 20.6 Å². The zero-order valence-electron chi connectivity index (χ0n) is 10.4. The second kappa shape index (κ2) is 6.01. The van der Waals surface area contributed by atoms with E-state index >= 15 is 0 Å². The first-order chi connectivity index (χ1) is 7.57. The van der Waals surface area contributed by atoms with Crippen molar-refractivity contribution in [3.8, 4) is 0 Å². The Morgan fingerprint density at radius 2 is 2.25 bits per heavy atom. The van der Waals surface area contributed by atoms with E-state index in [9.17, 15) is 4.79 Å². The van der Waals surface area contributed by atoms with Gasteiger partial charge in [-0.2, -0.15) is 0 Å². The fourth-order valence-electron chi connectivity index (χ4n) is 1.65. The van der Waals surface area contributed by atoms with Crippen molar-refractivity contribution in [1.29, 1.82) is 0 Å². The standard InChI is InChI=1S/C12H20N2OS/c1-9(8-13-3)12(15)14(4)10(2)11-6-5-7-16-11/h5-7,9-10,13H,8H2,1-4H3. The van der Waals surface area contributed by atoms with E-state index in [1.807, 2.05) is 37.4 Å². The first-order valence-corrected chi connectivity index (χ1v) is 6.40. The number of hydrogen-bond donors (Lipinski definition) is 1. The highest BCUT2D eigenvalue weighted by atomic mass is 32.1. The second-order valence-electron chi connectivity index (χ2n) is 4.10. The van der Waals surface area contributed by atoms with Gasteiger partial charge in [0, 0.05) is 24.4 Å². The van der Waals surface area contributed by atoms with Crippen LogP contribution in [0.5, 0.6) is 0 Å². The molecule has 1 rings (SSSR count). The van der Waals surface area contributed by atoms with E-state index in [1.165, 1.54) is 4.88 Å². The minimum Gasteiger partial charge on any atom is -0.338 e. The Hall–Kier alpha value is -0.870. The average molecular weight is 240 g/mol. The minimum absolute atomic E-state index is 0.0254. The molecule has 0 saturated carbocycles. The lowest BCUT2D eigenvalue weighted by molar-refractivity contribution is -0.135. The summed E-state index contributed by atoms with van der Waals surface area (Å²) in [6.07, 6.45) is 0. The van der Waals surface area contributed by atoms with Crippen molar-refractivity contribution in [3.63, 3.8) is 0 Å². The van der Waals surface area contributed by atoms with Crippen molar-refractivity contribution in [1.82, 2.24) is 10.2 Å². The van der Waals surface area contributed by atoms with Gasteiger partial charge >= 0.3 is 0 Å². The number of nitrogens with one attached hydrogen (secondary N) is 1. The van der Waals surface area contributed by atoms with Gasteiger partial charge in [0.2, 0.25) is 5.91 Å². The molecular weight excluding hydrogens is 220 g/mol. The summed E-state index contributed by atoms with van der Waals surface area (Å²) < 4.78 is 0. The third-order valence-corrected chi connectivity index (χ3v) is 3.86. The third kappa shape index (κ3) is 3.06. The maximum atomic E-state index is 12.1. The van der Waals surface area contributed by atoms with Crippen LogP contribution < -0.4 is 5.32 Å². The van der Waals surface area contributed by atoms with Crippen molar-refractivity contribution in [2.24, 2.45) is 5.92 Å². The first kappa shape index (κ1) is 13.2. The molecule has 1 N–H and O–H groups in total. The van der Waals surface area contributed by atoms with Gasteiger partial charge < -0.3 is 10.2 Å². The lowest BCUT2D eigenvalue weighted by Crippen LogP contribution is -2.37. The van der Waals surface area contributed by atoms with Crippen LogP contribution in [0.1, 0.15) is 24.8 Å². The summed E-state index contributed by atoms with van der Waals surface area (Å²) in [5.74, 6) is 0.215. The smallest absolute Gasteiger partial charge is 0.226 e. The number of rotatable bonds is 5. The Balaban J connectivity index is 2.63.